The van der Waals surface area contributed by atoms with Crippen LogP contribution >= 0.6 is 0 Å². The minimum atomic E-state index is -0.804. The van der Waals surface area contributed by atoms with Crippen molar-refractivity contribution >= 4 is 11.7 Å². The maximum absolute atomic E-state index is 13.2. The zero-order chi connectivity index (χ0) is 32.0. The maximum Gasteiger partial charge on any atom is 0.227 e. The van der Waals surface area contributed by atoms with Crippen molar-refractivity contribution in [3.05, 3.63) is 12.3 Å². The van der Waals surface area contributed by atoms with Crippen LogP contribution in [0, 0.1) is 0 Å². The van der Waals surface area contributed by atoms with Gasteiger partial charge in [-0.2, -0.15) is 0 Å². The molecule has 44 heavy (non-hydrogen) atoms. The summed E-state index contributed by atoms with van der Waals surface area (Å²) >= 11 is 0. The first-order chi connectivity index (χ1) is 21.3. The lowest BCUT2D eigenvalue weighted by Gasteiger charge is -2.50. The van der Waals surface area contributed by atoms with Crippen molar-refractivity contribution in [3.63, 3.8) is 0 Å². The Morgan fingerprint density at radius 3 is 2.00 bits per heavy atom. The summed E-state index contributed by atoms with van der Waals surface area (Å²) in [5, 5.41) is 3.05. The Bertz CT molecular complexity index is 801. The fraction of sp³-hybridized carbons (Fsp3) is 0.889. The zero-order valence-electron chi connectivity index (χ0n) is 28.7. The van der Waals surface area contributed by atoms with Gasteiger partial charge in [0.1, 0.15) is 30.1 Å². The molecule has 1 amide bonds. The Hall–Kier alpha value is -1.48. The first-order valence-electron chi connectivity index (χ1n) is 18.0. The lowest BCUT2D eigenvalue weighted by atomic mass is 9.94. The van der Waals surface area contributed by atoms with Crippen molar-refractivity contribution in [1.29, 1.82) is 0 Å². The lowest BCUT2D eigenvalue weighted by molar-refractivity contribution is -0.368. The molecule has 0 unspecified atom stereocenters. The molecule has 0 aromatic rings. The highest BCUT2D eigenvalue weighted by atomic mass is 16.8. The van der Waals surface area contributed by atoms with Gasteiger partial charge in [-0.05, 0) is 33.6 Å². The molecule has 8 heteroatoms. The first-order valence-corrected chi connectivity index (χ1v) is 18.0. The van der Waals surface area contributed by atoms with E-state index in [9.17, 15) is 9.59 Å². The summed E-state index contributed by atoms with van der Waals surface area (Å²) in [6, 6.07) is -0.636. The number of hydrogen-bond acceptors (Lipinski definition) is 7. The summed E-state index contributed by atoms with van der Waals surface area (Å²) < 4.78 is 30.9. The Morgan fingerprint density at radius 1 is 0.841 bits per heavy atom. The molecule has 2 rings (SSSR count). The lowest BCUT2D eigenvalue weighted by Crippen LogP contribution is -2.69. The third kappa shape index (κ3) is 15.7. The quantitative estimate of drug-likeness (QED) is 0.0621. The van der Waals surface area contributed by atoms with Crippen LogP contribution in [0.5, 0.6) is 0 Å². The van der Waals surface area contributed by atoms with Crippen LogP contribution < -0.4 is 5.32 Å². The molecule has 8 nitrogen and oxygen atoms in total. The molecule has 0 aromatic heterocycles. The number of allylic oxidation sites excluding steroid dienone is 1. The van der Waals surface area contributed by atoms with Gasteiger partial charge in [-0.3, -0.25) is 9.59 Å². The predicted octanol–water partition coefficient (Wildman–Crippen LogP) is 8.30. The van der Waals surface area contributed by atoms with E-state index in [1.54, 1.807) is 12.3 Å². The van der Waals surface area contributed by atoms with Crippen LogP contribution in [-0.2, 0) is 33.3 Å². The average Bonchev–Trinajstić information content (AvgIpc) is 2.99. The van der Waals surface area contributed by atoms with E-state index in [0.717, 1.165) is 32.1 Å². The van der Waals surface area contributed by atoms with E-state index in [1.807, 2.05) is 20.8 Å². The van der Waals surface area contributed by atoms with E-state index in [0.29, 0.717) is 19.6 Å². The molecule has 5 atom stereocenters. The number of nitrogens with one attached hydrogen (secondary N) is 1. The highest BCUT2D eigenvalue weighted by Gasteiger charge is 2.53. The minimum Gasteiger partial charge on any atom is -0.471 e. The summed E-state index contributed by atoms with van der Waals surface area (Å²) in [6.07, 6.45) is 21.8. The van der Waals surface area contributed by atoms with Gasteiger partial charge in [0.15, 0.2) is 5.79 Å². The van der Waals surface area contributed by atoms with Crippen LogP contribution in [-0.4, -0.2) is 61.3 Å². The predicted molar refractivity (Wildman–Crippen MR) is 175 cm³/mol. The molecule has 1 N–H and O–H groups in total. The number of hydrogen-bond donors (Lipinski definition) is 1. The largest absolute Gasteiger partial charge is 0.471 e. The standard InChI is InChI=1S/C36H65NO7/c1-6-9-11-13-15-17-18-20-22-24-29(38)27-31(39)37-32-34(40-26-23-21-19-16-14-12-10-7-2)33-30(28-42-36(4,5)44-33)43-35(32)41-25-8-3/h8,25,30,32-35H,6-7,9-24,26-28H2,1-5H3,(H,37,39)/b25-8+/t30-,32-,33-,34-,35+/m1/s1. The van der Waals surface area contributed by atoms with E-state index in [4.69, 9.17) is 23.7 Å². The van der Waals surface area contributed by atoms with Crippen LogP contribution in [0.4, 0.5) is 0 Å². The number of carbonyl (C=O) groups excluding carboxylic acids is 2. The number of carbonyl (C=O) groups is 2. The Balaban J connectivity index is 1.92. The van der Waals surface area contributed by atoms with Gasteiger partial charge in [-0.25, -0.2) is 0 Å². The van der Waals surface area contributed by atoms with Crippen molar-refractivity contribution in [2.45, 2.75) is 193 Å². The molecular weight excluding hydrogens is 558 g/mol. The van der Waals surface area contributed by atoms with Gasteiger partial charge in [-0.15, -0.1) is 0 Å². The van der Waals surface area contributed by atoms with Gasteiger partial charge in [0, 0.05) is 13.0 Å². The normalized spacial score (nSPS) is 24.7. The third-order valence-corrected chi connectivity index (χ3v) is 8.56. The van der Waals surface area contributed by atoms with Crippen molar-refractivity contribution in [2.75, 3.05) is 13.2 Å². The van der Waals surface area contributed by atoms with E-state index in [-0.39, 0.29) is 18.1 Å². The van der Waals surface area contributed by atoms with E-state index in [1.165, 1.54) is 77.0 Å². The number of unbranched alkanes of at least 4 members (excludes halogenated alkanes) is 15. The molecule has 2 fully saturated rings. The summed E-state index contributed by atoms with van der Waals surface area (Å²) in [6.45, 7) is 11.0. The van der Waals surface area contributed by atoms with Gasteiger partial charge < -0.3 is 29.0 Å². The van der Waals surface area contributed by atoms with Crippen molar-refractivity contribution < 1.29 is 33.3 Å². The molecule has 0 aliphatic carbocycles. The van der Waals surface area contributed by atoms with Crippen molar-refractivity contribution in [2.24, 2.45) is 0 Å². The number of Topliss-reactive ketones (excluding diaryl/α,β-unsaturated/α-hetero) is 1. The summed E-state index contributed by atoms with van der Waals surface area (Å²) in [4.78, 5) is 25.9. The molecule has 2 saturated heterocycles. The number of ether oxygens (including phenoxy) is 5. The Kier molecular flexibility index (Phi) is 20.2. The van der Waals surface area contributed by atoms with Gasteiger partial charge in [-0.1, -0.05) is 116 Å². The average molecular weight is 624 g/mol. The van der Waals surface area contributed by atoms with Gasteiger partial charge in [0.05, 0.1) is 19.3 Å². The van der Waals surface area contributed by atoms with E-state index >= 15 is 0 Å². The SMILES string of the molecule is C/C=C/O[C@H]1O[C@@H]2COC(C)(C)O[C@H]2[C@H](OCCCCCCCCCC)[C@H]1NC(=O)CC(=O)CCCCCCCCCCC. The second-order valence-corrected chi connectivity index (χ2v) is 13.1. The summed E-state index contributed by atoms with van der Waals surface area (Å²) in [5.74, 6) is -1.17. The monoisotopic (exact) mass is 623 g/mol. The summed E-state index contributed by atoms with van der Waals surface area (Å²) in [7, 11) is 0. The van der Waals surface area contributed by atoms with Crippen molar-refractivity contribution in [1.82, 2.24) is 5.32 Å². The van der Waals surface area contributed by atoms with Crippen molar-refractivity contribution in [3.8, 4) is 0 Å². The minimum absolute atomic E-state index is 0.0363. The smallest absolute Gasteiger partial charge is 0.227 e. The first kappa shape index (κ1) is 38.7. The van der Waals surface area contributed by atoms with Crippen LogP contribution in [0.25, 0.3) is 0 Å². The molecule has 256 valence electrons. The third-order valence-electron chi connectivity index (χ3n) is 8.56. The van der Waals surface area contributed by atoms with E-state index < -0.39 is 36.4 Å². The van der Waals surface area contributed by atoms with Crippen LogP contribution in [0.3, 0.4) is 0 Å². The fourth-order valence-corrected chi connectivity index (χ4v) is 6.04. The van der Waals surface area contributed by atoms with Gasteiger partial charge in [0.25, 0.3) is 0 Å². The zero-order valence-corrected chi connectivity index (χ0v) is 28.7. The fourth-order valence-electron chi connectivity index (χ4n) is 6.04. The molecule has 0 saturated carbocycles. The molecule has 2 aliphatic heterocycles. The van der Waals surface area contributed by atoms with Crippen LogP contribution in [0.2, 0.25) is 0 Å². The number of fused-ring (bicyclic) bond motifs is 1. The molecular formula is C36H65NO7. The second-order valence-electron chi connectivity index (χ2n) is 13.1. The highest BCUT2D eigenvalue weighted by molar-refractivity contribution is 5.98. The van der Waals surface area contributed by atoms with E-state index in [2.05, 4.69) is 19.2 Å². The Morgan fingerprint density at radius 2 is 1.41 bits per heavy atom. The molecule has 0 radical (unpaired) electrons. The second kappa shape index (κ2) is 22.9. The van der Waals surface area contributed by atoms with Gasteiger partial charge in [0.2, 0.25) is 12.2 Å². The highest BCUT2D eigenvalue weighted by Crippen LogP contribution is 2.34. The molecule has 2 aliphatic rings. The molecule has 0 bridgehead atoms. The van der Waals surface area contributed by atoms with Crippen LogP contribution in [0.15, 0.2) is 12.3 Å². The Labute approximate surface area is 268 Å². The van der Waals surface area contributed by atoms with Crippen LogP contribution in [0.1, 0.15) is 157 Å². The number of rotatable bonds is 25. The molecule has 0 spiro atoms. The molecule has 2 heterocycles. The summed E-state index contributed by atoms with van der Waals surface area (Å²) in [5.41, 5.74) is 0. The number of amides is 1. The number of ketones is 1. The molecule has 0 aromatic carbocycles. The topological polar surface area (TPSA) is 92.3 Å². The maximum atomic E-state index is 13.2. The van der Waals surface area contributed by atoms with Gasteiger partial charge >= 0.3 is 0 Å².